The first-order valence-electron chi connectivity index (χ1n) is 7.88. The number of carbonyl (C=O) groups is 2. The molecule has 1 aromatic rings. The third-order valence-corrected chi connectivity index (χ3v) is 4.80. The minimum absolute atomic E-state index is 0. The molecule has 2 rings (SSSR count). The Morgan fingerprint density at radius 1 is 1.33 bits per heavy atom. The lowest BCUT2D eigenvalue weighted by molar-refractivity contribution is -0.141. The van der Waals surface area contributed by atoms with Crippen LogP contribution in [-0.2, 0) is 14.3 Å². The monoisotopic (exact) mass is 418 g/mol. The van der Waals surface area contributed by atoms with Gasteiger partial charge < -0.3 is 15.8 Å². The smallest absolute Gasteiger partial charge is 0.307 e. The molecule has 3 N–H and O–H groups in total. The third-order valence-electron chi connectivity index (χ3n) is 4.27. The molecular weight excluding hydrogens is 396 g/mol. The maximum atomic E-state index is 12.5. The van der Waals surface area contributed by atoms with Gasteiger partial charge in [0.25, 0.3) is 0 Å². The van der Waals surface area contributed by atoms with E-state index in [1.807, 2.05) is 24.3 Å². The SMILES string of the molecule is COC(=O)CC(NC(=O)C1CCCC(N)C1)c1ccc(Br)cc1.Cl. The Labute approximate surface area is 157 Å². The molecule has 0 spiro atoms. The maximum absolute atomic E-state index is 12.5. The highest BCUT2D eigenvalue weighted by atomic mass is 79.9. The average molecular weight is 420 g/mol. The quantitative estimate of drug-likeness (QED) is 0.719. The van der Waals surface area contributed by atoms with Crippen LogP contribution in [-0.4, -0.2) is 25.0 Å². The molecule has 1 saturated carbocycles. The first-order valence-corrected chi connectivity index (χ1v) is 8.67. The van der Waals surface area contributed by atoms with Crippen molar-refractivity contribution in [2.75, 3.05) is 7.11 Å². The molecule has 3 unspecified atom stereocenters. The van der Waals surface area contributed by atoms with E-state index in [2.05, 4.69) is 21.2 Å². The second-order valence-electron chi connectivity index (χ2n) is 6.02. The summed E-state index contributed by atoms with van der Waals surface area (Å²) in [5, 5.41) is 3.00. The van der Waals surface area contributed by atoms with E-state index in [0.29, 0.717) is 6.42 Å². The van der Waals surface area contributed by atoms with E-state index in [0.717, 1.165) is 29.3 Å². The molecule has 1 amide bonds. The second kappa shape index (κ2) is 10.0. The van der Waals surface area contributed by atoms with Crippen LogP contribution in [0.25, 0.3) is 0 Å². The number of methoxy groups -OCH3 is 1. The van der Waals surface area contributed by atoms with Crippen molar-refractivity contribution >= 4 is 40.2 Å². The van der Waals surface area contributed by atoms with Crippen LogP contribution < -0.4 is 11.1 Å². The zero-order valence-electron chi connectivity index (χ0n) is 13.7. The highest BCUT2D eigenvalue weighted by Gasteiger charge is 2.28. The van der Waals surface area contributed by atoms with Crippen molar-refractivity contribution in [1.82, 2.24) is 5.32 Å². The summed E-state index contributed by atoms with van der Waals surface area (Å²) in [5.41, 5.74) is 6.85. The predicted octanol–water partition coefficient (Wildman–Crippen LogP) is 3.11. The van der Waals surface area contributed by atoms with Gasteiger partial charge in [-0.2, -0.15) is 0 Å². The van der Waals surface area contributed by atoms with Gasteiger partial charge in [-0.15, -0.1) is 12.4 Å². The van der Waals surface area contributed by atoms with Gasteiger partial charge in [0, 0.05) is 16.4 Å². The Hall–Kier alpha value is -1.11. The molecule has 134 valence electrons. The van der Waals surface area contributed by atoms with E-state index in [1.54, 1.807) is 0 Å². The Bertz CT molecular complexity index is 553. The molecule has 0 bridgehead atoms. The number of hydrogen-bond acceptors (Lipinski definition) is 4. The molecule has 1 aliphatic rings. The summed E-state index contributed by atoms with van der Waals surface area (Å²) in [5.74, 6) is -0.454. The van der Waals surface area contributed by atoms with Crippen molar-refractivity contribution in [2.24, 2.45) is 11.7 Å². The van der Waals surface area contributed by atoms with Gasteiger partial charge in [-0.05, 0) is 37.0 Å². The zero-order chi connectivity index (χ0) is 16.8. The molecule has 5 nitrogen and oxygen atoms in total. The van der Waals surface area contributed by atoms with E-state index in [-0.39, 0.29) is 48.7 Å². The second-order valence-corrected chi connectivity index (χ2v) is 6.93. The first kappa shape index (κ1) is 20.9. The molecule has 0 aromatic heterocycles. The number of esters is 1. The minimum Gasteiger partial charge on any atom is -0.469 e. The highest BCUT2D eigenvalue weighted by Crippen LogP contribution is 2.26. The zero-order valence-corrected chi connectivity index (χ0v) is 16.1. The van der Waals surface area contributed by atoms with Gasteiger partial charge in [0.2, 0.25) is 5.91 Å². The molecule has 3 atom stereocenters. The van der Waals surface area contributed by atoms with Gasteiger partial charge in [-0.3, -0.25) is 9.59 Å². The van der Waals surface area contributed by atoms with Gasteiger partial charge in [0.1, 0.15) is 0 Å². The van der Waals surface area contributed by atoms with Crippen molar-refractivity contribution in [2.45, 2.75) is 44.2 Å². The van der Waals surface area contributed by atoms with Gasteiger partial charge in [0.15, 0.2) is 0 Å². The van der Waals surface area contributed by atoms with Crippen LogP contribution in [0.2, 0.25) is 0 Å². The molecule has 0 heterocycles. The summed E-state index contributed by atoms with van der Waals surface area (Å²) in [4.78, 5) is 24.2. The summed E-state index contributed by atoms with van der Waals surface area (Å²) >= 11 is 3.39. The molecule has 0 saturated heterocycles. The lowest BCUT2D eigenvalue weighted by Crippen LogP contribution is -2.39. The number of hydrogen-bond donors (Lipinski definition) is 2. The number of amides is 1. The first-order chi connectivity index (χ1) is 11.0. The van der Waals surface area contributed by atoms with Crippen LogP contribution in [0, 0.1) is 5.92 Å². The largest absolute Gasteiger partial charge is 0.469 e. The normalized spacial score (nSPS) is 21.3. The van der Waals surface area contributed by atoms with E-state index in [1.165, 1.54) is 7.11 Å². The lowest BCUT2D eigenvalue weighted by atomic mass is 9.85. The van der Waals surface area contributed by atoms with Gasteiger partial charge in [-0.1, -0.05) is 34.5 Å². The highest BCUT2D eigenvalue weighted by molar-refractivity contribution is 9.10. The average Bonchev–Trinajstić information content (AvgIpc) is 2.54. The summed E-state index contributed by atoms with van der Waals surface area (Å²) in [6.07, 6.45) is 3.62. The van der Waals surface area contributed by atoms with Crippen LogP contribution in [0.1, 0.15) is 43.7 Å². The Balaban J connectivity index is 0.00000288. The maximum Gasteiger partial charge on any atom is 0.307 e. The molecule has 7 heteroatoms. The number of nitrogens with two attached hydrogens (primary N) is 1. The fraction of sp³-hybridized carbons (Fsp3) is 0.529. The molecule has 1 fully saturated rings. The Morgan fingerprint density at radius 3 is 2.58 bits per heavy atom. The number of rotatable bonds is 5. The van der Waals surface area contributed by atoms with Crippen LogP contribution in [0.3, 0.4) is 0 Å². The number of halogens is 2. The van der Waals surface area contributed by atoms with Crippen molar-refractivity contribution in [1.29, 1.82) is 0 Å². The van der Waals surface area contributed by atoms with Crippen LogP contribution >= 0.6 is 28.3 Å². The third kappa shape index (κ3) is 6.07. The van der Waals surface area contributed by atoms with E-state index >= 15 is 0 Å². The summed E-state index contributed by atoms with van der Waals surface area (Å²) in [6, 6.07) is 7.27. The molecule has 1 aliphatic carbocycles. The van der Waals surface area contributed by atoms with Gasteiger partial charge in [-0.25, -0.2) is 0 Å². The molecule has 0 aliphatic heterocycles. The van der Waals surface area contributed by atoms with Crippen molar-refractivity contribution in [3.8, 4) is 0 Å². The van der Waals surface area contributed by atoms with Crippen molar-refractivity contribution < 1.29 is 14.3 Å². The van der Waals surface area contributed by atoms with Crippen LogP contribution in [0.4, 0.5) is 0 Å². The standard InChI is InChI=1S/C17H23BrN2O3.ClH/c1-23-16(21)10-15(11-5-7-13(18)8-6-11)20-17(22)12-3-2-4-14(19)9-12;/h5-8,12,14-15H,2-4,9-10,19H2,1H3,(H,20,22);1H. The summed E-state index contributed by atoms with van der Waals surface area (Å²) < 4.78 is 5.70. The Kier molecular flexibility index (Phi) is 8.73. The van der Waals surface area contributed by atoms with Crippen molar-refractivity contribution in [3.05, 3.63) is 34.3 Å². The van der Waals surface area contributed by atoms with Crippen LogP contribution in [0.5, 0.6) is 0 Å². The van der Waals surface area contributed by atoms with E-state index in [9.17, 15) is 9.59 Å². The lowest BCUT2D eigenvalue weighted by Gasteiger charge is -2.28. The number of ether oxygens (including phenoxy) is 1. The minimum atomic E-state index is -0.388. The predicted molar refractivity (Wildman–Crippen MR) is 98.8 cm³/mol. The van der Waals surface area contributed by atoms with Crippen LogP contribution in [0.15, 0.2) is 28.7 Å². The topological polar surface area (TPSA) is 81.4 Å². The molecule has 24 heavy (non-hydrogen) atoms. The molecule has 0 radical (unpaired) electrons. The van der Waals surface area contributed by atoms with Crippen molar-refractivity contribution in [3.63, 3.8) is 0 Å². The number of nitrogens with one attached hydrogen (secondary N) is 1. The van der Waals surface area contributed by atoms with E-state index < -0.39 is 0 Å². The number of carbonyl (C=O) groups excluding carboxylic acids is 2. The van der Waals surface area contributed by atoms with E-state index in [4.69, 9.17) is 10.5 Å². The summed E-state index contributed by atoms with van der Waals surface area (Å²) in [7, 11) is 1.35. The number of benzene rings is 1. The fourth-order valence-corrected chi connectivity index (χ4v) is 3.22. The Morgan fingerprint density at radius 2 is 2.00 bits per heavy atom. The van der Waals surface area contributed by atoms with Gasteiger partial charge >= 0.3 is 5.97 Å². The van der Waals surface area contributed by atoms with Gasteiger partial charge in [0.05, 0.1) is 19.6 Å². The fourth-order valence-electron chi connectivity index (χ4n) is 2.95. The molecular formula is C17H24BrClN2O3. The summed E-state index contributed by atoms with van der Waals surface area (Å²) in [6.45, 7) is 0. The molecule has 1 aromatic carbocycles.